The van der Waals surface area contributed by atoms with Crippen molar-refractivity contribution < 1.29 is 4.21 Å². The van der Waals surface area contributed by atoms with Crippen LogP contribution in [0.25, 0.3) is 0 Å². The van der Waals surface area contributed by atoms with E-state index < -0.39 is 10.8 Å². The molecule has 0 aromatic heterocycles. The summed E-state index contributed by atoms with van der Waals surface area (Å²) in [5.74, 6) is 0. The van der Waals surface area contributed by atoms with Gasteiger partial charge in [0.2, 0.25) is 0 Å². The summed E-state index contributed by atoms with van der Waals surface area (Å²) in [5.41, 5.74) is 0. The van der Waals surface area contributed by atoms with Gasteiger partial charge in [0, 0.05) is 36.7 Å². The standard InChI is InChI=1S/C10H20N2OS/c1-14(13)10(3-4-10)9-12-7-2-5-11-6-8-12/h11H,2-9H2,1H3. The van der Waals surface area contributed by atoms with E-state index in [4.69, 9.17) is 0 Å². The van der Waals surface area contributed by atoms with Crippen LogP contribution in [0.2, 0.25) is 0 Å². The minimum absolute atomic E-state index is 0.171. The molecule has 0 spiro atoms. The van der Waals surface area contributed by atoms with Crippen LogP contribution >= 0.6 is 0 Å². The van der Waals surface area contributed by atoms with Crippen molar-refractivity contribution >= 4 is 10.8 Å². The summed E-state index contributed by atoms with van der Waals surface area (Å²) in [7, 11) is -0.634. The predicted molar refractivity (Wildman–Crippen MR) is 60.0 cm³/mol. The average Bonchev–Trinajstić information content (AvgIpc) is 2.91. The third kappa shape index (κ3) is 2.35. The fourth-order valence-corrected chi connectivity index (χ4v) is 3.18. The molecule has 14 heavy (non-hydrogen) atoms. The third-order valence-electron chi connectivity index (χ3n) is 3.36. The molecule has 1 N–H and O–H groups in total. The van der Waals surface area contributed by atoms with Crippen LogP contribution < -0.4 is 5.32 Å². The Kier molecular flexibility index (Phi) is 3.24. The zero-order valence-electron chi connectivity index (χ0n) is 8.92. The van der Waals surface area contributed by atoms with Gasteiger partial charge >= 0.3 is 0 Å². The lowest BCUT2D eigenvalue weighted by molar-refractivity contribution is 0.287. The molecule has 2 fully saturated rings. The van der Waals surface area contributed by atoms with E-state index in [0.717, 1.165) is 26.2 Å². The summed E-state index contributed by atoms with van der Waals surface area (Å²) in [5, 5.41) is 3.40. The van der Waals surface area contributed by atoms with Crippen molar-refractivity contribution in [1.82, 2.24) is 10.2 Å². The summed E-state index contributed by atoms with van der Waals surface area (Å²) in [4.78, 5) is 2.48. The number of hydrogen-bond acceptors (Lipinski definition) is 3. The van der Waals surface area contributed by atoms with Gasteiger partial charge in [-0.25, -0.2) is 0 Å². The predicted octanol–water partition coefficient (Wildman–Crippen LogP) is 0.193. The van der Waals surface area contributed by atoms with E-state index in [-0.39, 0.29) is 4.75 Å². The molecule has 1 aliphatic heterocycles. The molecule has 0 amide bonds. The van der Waals surface area contributed by atoms with Crippen LogP contribution in [0.3, 0.4) is 0 Å². The molecule has 0 aromatic rings. The Morgan fingerprint density at radius 3 is 2.79 bits per heavy atom. The smallest absolute Gasteiger partial charge is 0.0584 e. The van der Waals surface area contributed by atoms with Crippen molar-refractivity contribution in [1.29, 1.82) is 0 Å². The fourth-order valence-electron chi connectivity index (χ4n) is 2.14. The largest absolute Gasteiger partial charge is 0.315 e. The quantitative estimate of drug-likeness (QED) is 0.731. The highest BCUT2D eigenvalue weighted by Crippen LogP contribution is 2.41. The molecule has 2 rings (SSSR count). The van der Waals surface area contributed by atoms with Gasteiger partial charge < -0.3 is 10.2 Å². The van der Waals surface area contributed by atoms with Crippen LogP contribution in [-0.4, -0.2) is 52.8 Å². The van der Waals surface area contributed by atoms with Crippen LogP contribution in [0.5, 0.6) is 0 Å². The Hall–Kier alpha value is 0.0700. The number of rotatable bonds is 3. The van der Waals surface area contributed by atoms with E-state index in [9.17, 15) is 4.21 Å². The molecule has 1 saturated heterocycles. The van der Waals surface area contributed by atoms with E-state index in [1.165, 1.54) is 25.8 Å². The van der Waals surface area contributed by atoms with Gasteiger partial charge in [-0.2, -0.15) is 0 Å². The molecule has 1 atom stereocenters. The van der Waals surface area contributed by atoms with Gasteiger partial charge in [-0.3, -0.25) is 4.21 Å². The zero-order valence-corrected chi connectivity index (χ0v) is 9.74. The van der Waals surface area contributed by atoms with Crippen LogP contribution in [-0.2, 0) is 10.8 Å². The van der Waals surface area contributed by atoms with Crippen LogP contribution in [0.1, 0.15) is 19.3 Å². The lowest BCUT2D eigenvalue weighted by atomic mass is 10.3. The summed E-state index contributed by atoms with van der Waals surface area (Å²) in [6.07, 6.45) is 5.43. The maximum atomic E-state index is 11.6. The summed E-state index contributed by atoms with van der Waals surface area (Å²) in [6.45, 7) is 5.58. The Bertz CT molecular complexity index is 220. The van der Waals surface area contributed by atoms with Gasteiger partial charge in [-0.05, 0) is 32.4 Å². The summed E-state index contributed by atoms with van der Waals surface area (Å²) < 4.78 is 11.7. The molecule has 0 bridgehead atoms. The molecule has 1 heterocycles. The number of nitrogens with one attached hydrogen (secondary N) is 1. The monoisotopic (exact) mass is 216 g/mol. The van der Waals surface area contributed by atoms with Gasteiger partial charge in [0.05, 0.1) is 4.75 Å². The first-order valence-electron chi connectivity index (χ1n) is 5.50. The molecule has 2 aliphatic rings. The second-order valence-electron chi connectivity index (χ2n) is 4.52. The first-order chi connectivity index (χ1) is 6.73. The lowest BCUT2D eigenvalue weighted by Gasteiger charge is -2.24. The molecule has 82 valence electrons. The van der Waals surface area contributed by atoms with E-state index in [1.807, 2.05) is 6.26 Å². The zero-order chi connectivity index (χ0) is 10.0. The maximum Gasteiger partial charge on any atom is 0.0584 e. The highest BCUT2D eigenvalue weighted by molar-refractivity contribution is 7.86. The molecule has 4 heteroatoms. The Morgan fingerprint density at radius 1 is 1.36 bits per heavy atom. The molecule has 1 saturated carbocycles. The molecule has 0 radical (unpaired) electrons. The van der Waals surface area contributed by atoms with Gasteiger partial charge in [0.15, 0.2) is 0 Å². The van der Waals surface area contributed by atoms with Crippen molar-refractivity contribution in [2.45, 2.75) is 24.0 Å². The molecular weight excluding hydrogens is 196 g/mol. The summed E-state index contributed by atoms with van der Waals surface area (Å²) in [6, 6.07) is 0. The highest BCUT2D eigenvalue weighted by atomic mass is 32.2. The fraction of sp³-hybridized carbons (Fsp3) is 1.00. The van der Waals surface area contributed by atoms with Crippen molar-refractivity contribution in [3.8, 4) is 0 Å². The van der Waals surface area contributed by atoms with Crippen LogP contribution in [0.15, 0.2) is 0 Å². The van der Waals surface area contributed by atoms with E-state index in [1.54, 1.807) is 0 Å². The van der Waals surface area contributed by atoms with E-state index >= 15 is 0 Å². The Balaban J connectivity index is 1.86. The Labute approximate surface area is 88.7 Å². The lowest BCUT2D eigenvalue weighted by Crippen LogP contribution is -2.38. The molecular formula is C10H20N2OS. The summed E-state index contributed by atoms with van der Waals surface area (Å²) >= 11 is 0. The van der Waals surface area contributed by atoms with Crippen molar-refractivity contribution in [2.75, 3.05) is 39.0 Å². The van der Waals surface area contributed by atoms with Crippen molar-refractivity contribution in [3.05, 3.63) is 0 Å². The van der Waals surface area contributed by atoms with Gasteiger partial charge in [-0.15, -0.1) is 0 Å². The molecule has 0 aromatic carbocycles. The SMILES string of the molecule is CS(=O)C1(CN2CCCNCC2)CC1. The molecule has 1 aliphatic carbocycles. The van der Waals surface area contributed by atoms with Gasteiger partial charge in [-0.1, -0.05) is 0 Å². The first-order valence-corrected chi connectivity index (χ1v) is 7.05. The first kappa shape index (κ1) is 10.6. The van der Waals surface area contributed by atoms with Gasteiger partial charge in [0.25, 0.3) is 0 Å². The third-order valence-corrected chi connectivity index (χ3v) is 5.12. The highest BCUT2D eigenvalue weighted by Gasteiger charge is 2.47. The van der Waals surface area contributed by atoms with Crippen LogP contribution in [0, 0.1) is 0 Å². The van der Waals surface area contributed by atoms with Crippen LogP contribution in [0.4, 0.5) is 0 Å². The maximum absolute atomic E-state index is 11.6. The second kappa shape index (κ2) is 4.29. The van der Waals surface area contributed by atoms with Crippen molar-refractivity contribution in [2.24, 2.45) is 0 Å². The molecule has 3 nitrogen and oxygen atoms in total. The van der Waals surface area contributed by atoms with E-state index in [0.29, 0.717) is 0 Å². The normalized spacial score (nSPS) is 29.5. The topological polar surface area (TPSA) is 32.3 Å². The minimum Gasteiger partial charge on any atom is -0.315 e. The Morgan fingerprint density at radius 2 is 2.14 bits per heavy atom. The number of nitrogens with zero attached hydrogens (tertiary/aromatic N) is 1. The molecule has 1 unspecified atom stereocenters. The van der Waals surface area contributed by atoms with Crippen molar-refractivity contribution in [3.63, 3.8) is 0 Å². The average molecular weight is 216 g/mol. The number of hydrogen-bond donors (Lipinski definition) is 1. The van der Waals surface area contributed by atoms with Gasteiger partial charge in [0.1, 0.15) is 0 Å². The minimum atomic E-state index is -0.634. The van der Waals surface area contributed by atoms with E-state index in [2.05, 4.69) is 10.2 Å². The second-order valence-corrected chi connectivity index (χ2v) is 6.29.